The third-order valence-corrected chi connectivity index (χ3v) is 4.59. The SMILES string of the molecule is COc1ccc2c(c1)C(C)(Cc1cc(Cl)ccc1OC)C(=O)N2. The molecule has 3 rings (SSSR count). The van der Waals surface area contributed by atoms with Gasteiger partial charge in [0, 0.05) is 10.7 Å². The molecular formula is C18H18ClNO3. The summed E-state index contributed by atoms with van der Waals surface area (Å²) in [5, 5.41) is 3.56. The van der Waals surface area contributed by atoms with Crippen LogP contribution in [-0.4, -0.2) is 20.1 Å². The first-order valence-electron chi connectivity index (χ1n) is 7.30. The van der Waals surface area contributed by atoms with Crippen molar-refractivity contribution in [2.45, 2.75) is 18.8 Å². The van der Waals surface area contributed by atoms with Gasteiger partial charge in [0.25, 0.3) is 0 Å². The van der Waals surface area contributed by atoms with Crippen LogP contribution in [0.5, 0.6) is 11.5 Å². The van der Waals surface area contributed by atoms with Crippen LogP contribution in [0.1, 0.15) is 18.1 Å². The second-order valence-electron chi connectivity index (χ2n) is 5.83. The lowest BCUT2D eigenvalue weighted by molar-refractivity contribution is -0.120. The van der Waals surface area contributed by atoms with E-state index in [4.69, 9.17) is 21.1 Å². The molecule has 1 aliphatic rings. The van der Waals surface area contributed by atoms with Crippen LogP contribution in [0.15, 0.2) is 36.4 Å². The molecular weight excluding hydrogens is 314 g/mol. The van der Waals surface area contributed by atoms with Crippen molar-refractivity contribution in [2.75, 3.05) is 19.5 Å². The van der Waals surface area contributed by atoms with Gasteiger partial charge in [-0.15, -0.1) is 0 Å². The Balaban J connectivity index is 2.06. The molecule has 0 spiro atoms. The van der Waals surface area contributed by atoms with E-state index in [1.165, 1.54) is 0 Å². The fourth-order valence-electron chi connectivity index (χ4n) is 3.04. The van der Waals surface area contributed by atoms with Crippen LogP contribution in [0, 0.1) is 0 Å². The predicted molar refractivity (Wildman–Crippen MR) is 90.7 cm³/mol. The van der Waals surface area contributed by atoms with Gasteiger partial charge < -0.3 is 14.8 Å². The van der Waals surface area contributed by atoms with Crippen molar-refractivity contribution in [3.63, 3.8) is 0 Å². The van der Waals surface area contributed by atoms with Gasteiger partial charge >= 0.3 is 0 Å². The average molecular weight is 332 g/mol. The molecule has 1 atom stereocenters. The Bertz CT molecular complexity index is 775. The first-order chi connectivity index (χ1) is 11.0. The Labute approximate surface area is 140 Å². The molecule has 0 aromatic heterocycles. The van der Waals surface area contributed by atoms with Crippen LogP contribution >= 0.6 is 11.6 Å². The van der Waals surface area contributed by atoms with Crippen molar-refractivity contribution < 1.29 is 14.3 Å². The maximum Gasteiger partial charge on any atom is 0.235 e. The van der Waals surface area contributed by atoms with Gasteiger partial charge in [-0.3, -0.25) is 4.79 Å². The van der Waals surface area contributed by atoms with E-state index < -0.39 is 5.41 Å². The zero-order valence-electron chi connectivity index (χ0n) is 13.3. The van der Waals surface area contributed by atoms with E-state index >= 15 is 0 Å². The fourth-order valence-corrected chi connectivity index (χ4v) is 3.23. The van der Waals surface area contributed by atoms with Crippen LogP contribution in [-0.2, 0) is 16.6 Å². The van der Waals surface area contributed by atoms with Crippen LogP contribution < -0.4 is 14.8 Å². The third-order valence-electron chi connectivity index (χ3n) is 4.36. The Morgan fingerprint density at radius 2 is 1.91 bits per heavy atom. The summed E-state index contributed by atoms with van der Waals surface area (Å²) in [5.41, 5.74) is 1.93. The molecule has 0 bridgehead atoms. The largest absolute Gasteiger partial charge is 0.497 e. The first-order valence-corrected chi connectivity index (χ1v) is 7.68. The summed E-state index contributed by atoms with van der Waals surface area (Å²) in [5.74, 6) is 1.41. The number of halogens is 1. The minimum Gasteiger partial charge on any atom is -0.497 e. The Hall–Kier alpha value is -2.20. The number of amides is 1. The number of hydrogen-bond acceptors (Lipinski definition) is 3. The zero-order valence-corrected chi connectivity index (χ0v) is 14.0. The van der Waals surface area contributed by atoms with Crippen molar-refractivity contribution in [1.29, 1.82) is 0 Å². The van der Waals surface area contributed by atoms with E-state index in [1.54, 1.807) is 20.3 Å². The molecule has 0 radical (unpaired) electrons. The van der Waals surface area contributed by atoms with E-state index in [0.717, 1.165) is 28.3 Å². The van der Waals surface area contributed by atoms with Gasteiger partial charge in [-0.2, -0.15) is 0 Å². The standard InChI is InChI=1S/C18H18ClNO3/c1-18(10-11-8-12(19)4-7-16(11)23-3)14-9-13(22-2)5-6-15(14)20-17(18)21/h4-9H,10H2,1-3H3,(H,20,21). The molecule has 1 heterocycles. The molecule has 2 aromatic carbocycles. The van der Waals surface area contributed by atoms with Crippen LogP contribution in [0.25, 0.3) is 0 Å². The molecule has 120 valence electrons. The number of nitrogens with one attached hydrogen (secondary N) is 1. The maximum absolute atomic E-state index is 12.6. The van der Waals surface area contributed by atoms with Crippen molar-refractivity contribution in [3.05, 3.63) is 52.5 Å². The Kier molecular flexibility index (Phi) is 3.94. The Morgan fingerprint density at radius 1 is 1.13 bits per heavy atom. The van der Waals surface area contributed by atoms with E-state index in [1.807, 2.05) is 37.3 Å². The highest BCUT2D eigenvalue weighted by atomic mass is 35.5. The van der Waals surface area contributed by atoms with Crippen molar-refractivity contribution in [2.24, 2.45) is 0 Å². The van der Waals surface area contributed by atoms with Crippen molar-refractivity contribution in [3.8, 4) is 11.5 Å². The molecule has 1 amide bonds. The lowest BCUT2D eigenvalue weighted by Gasteiger charge is -2.24. The minimum absolute atomic E-state index is 0.0391. The van der Waals surface area contributed by atoms with Gasteiger partial charge in [-0.05, 0) is 60.9 Å². The zero-order chi connectivity index (χ0) is 16.6. The summed E-state index contributed by atoms with van der Waals surface area (Å²) in [6.45, 7) is 1.92. The number of rotatable bonds is 4. The number of methoxy groups -OCH3 is 2. The molecule has 0 fully saturated rings. The molecule has 1 aliphatic heterocycles. The van der Waals surface area contributed by atoms with E-state index in [9.17, 15) is 4.79 Å². The molecule has 0 saturated heterocycles. The first kappa shape index (κ1) is 15.7. The summed E-state index contributed by atoms with van der Waals surface area (Å²) in [4.78, 5) is 12.6. The van der Waals surface area contributed by atoms with E-state index in [0.29, 0.717) is 11.4 Å². The highest BCUT2D eigenvalue weighted by molar-refractivity contribution is 6.30. The molecule has 1 unspecified atom stereocenters. The Morgan fingerprint density at radius 3 is 2.61 bits per heavy atom. The van der Waals surface area contributed by atoms with Crippen LogP contribution in [0.2, 0.25) is 5.02 Å². The number of ether oxygens (including phenoxy) is 2. The molecule has 1 N–H and O–H groups in total. The van der Waals surface area contributed by atoms with Gasteiger partial charge in [0.2, 0.25) is 5.91 Å². The number of carbonyl (C=O) groups excluding carboxylic acids is 1. The summed E-state index contributed by atoms with van der Waals surface area (Å²) in [6, 6.07) is 11.1. The maximum atomic E-state index is 12.6. The minimum atomic E-state index is -0.707. The number of carbonyl (C=O) groups is 1. The lowest BCUT2D eigenvalue weighted by Crippen LogP contribution is -2.33. The number of hydrogen-bond donors (Lipinski definition) is 1. The number of anilines is 1. The summed E-state index contributed by atoms with van der Waals surface area (Å²) < 4.78 is 10.7. The van der Waals surface area contributed by atoms with Crippen LogP contribution in [0.4, 0.5) is 5.69 Å². The van der Waals surface area contributed by atoms with Gasteiger partial charge in [0.05, 0.1) is 19.6 Å². The second-order valence-corrected chi connectivity index (χ2v) is 6.27. The van der Waals surface area contributed by atoms with Crippen molar-refractivity contribution in [1.82, 2.24) is 0 Å². The van der Waals surface area contributed by atoms with Gasteiger partial charge in [0.15, 0.2) is 0 Å². The summed E-state index contributed by atoms with van der Waals surface area (Å²) in [7, 11) is 3.23. The normalized spacial score (nSPS) is 19.2. The van der Waals surface area contributed by atoms with E-state index in [-0.39, 0.29) is 5.91 Å². The number of fused-ring (bicyclic) bond motifs is 1. The molecule has 5 heteroatoms. The van der Waals surface area contributed by atoms with Gasteiger partial charge in [-0.25, -0.2) is 0 Å². The van der Waals surface area contributed by atoms with Gasteiger partial charge in [0.1, 0.15) is 11.5 Å². The summed E-state index contributed by atoms with van der Waals surface area (Å²) in [6.07, 6.45) is 0.489. The summed E-state index contributed by atoms with van der Waals surface area (Å²) >= 11 is 6.11. The predicted octanol–water partition coefficient (Wildman–Crippen LogP) is 3.81. The van der Waals surface area contributed by atoms with Crippen molar-refractivity contribution >= 4 is 23.2 Å². The quantitative estimate of drug-likeness (QED) is 0.926. The average Bonchev–Trinajstić information content (AvgIpc) is 2.78. The molecule has 0 aliphatic carbocycles. The third kappa shape index (κ3) is 2.63. The van der Waals surface area contributed by atoms with Gasteiger partial charge in [-0.1, -0.05) is 11.6 Å². The molecule has 4 nitrogen and oxygen atoms in total. The monoisotopic (exact) mass is 331 g/mol. The molecule has 0 saturated carbocycles. The highest BCUT2D eigenvalue weighted by Gasteiger charge is 2.43. The second kappa shape index (κ2) is 5.78. The number of benzene rings is 2. The van der Waals surface area contributed by atoms with E-state index in [2.05, 4.69) is 5.32 Å². The molecule has 23 heavy (non-hydrogen) atoms. The van der Waals surface area contributed by atoms with Crippen LogP contribution in [0.3, 0.4) is 0 Å². The lowest BCUT2D eigenvalue weighted by atomic mass is 9.78. The topological polar surface area (TPSA) is 47.6 Å². The smallest absolute Gasteiger partial charge is 0.235 e. The molecule has 2 aromatic rings. The fraction of sp³-hybridized carbons (Fsp3) is 0.278. The highest BCUT2D eigenvalue weighted by Crippen LogP contribution is 2.43.